The van der Waals surface area contributed by atoms with E-state index in [0.717, 1.165) is 32.2 Å². The number of benzene rings is 3. The van der Waals surface area contributed by atoms with Crippen LogP contribution in [0.2, 0.25) is 0 Å². The molecule has 2 amide bonds. The molecule has 0 bridgehead atoms. The Balaban J connectivity index is 1.70. The van der Waals surface area contributed by atoms with Gasteiger partial charge in [0.25, 0.3) is 5.56 Å². The molecule has 0 fully saturated rings. The Morgan fingerprint density at radius 3 is 2.11 bits per heavy atom. The van der Waals surface area contributed by atoms with Crippen molar-refractivity contribution in [2.45, 2.75) is 13.8 Å². The van der Waals surface area contributed by atoms with Crippen LogP contribution in [0.25, 0.3) is 40.0 Å². The predicted octanol–water partition coefficient (Wildman–Crippen LogP) is 4.45. The van der Waals surface area contributed by atoms with Crippen molar-refractivity contribution in [1.82, 2.24) is 19.4 Å². The number of aromatic nitrogens is 4. The highest BCUT2D eigenvalue weighted by Crippen LogP contribution is 2.25. The molecular formula is C29H23N5O3. The lowest BCUT2D eigenvalue weighted by Gasteiger charge is -2.21. The Labute approximate surface area is 212 Å². The van der Waals surface area contributed by atoms with E-state index in [4.69, 9.17) is 5.10 Å². The van der Waals surface area contributed by atoms with Gasteiger partial charge in [-0.15, -0.1) is 0 Å². The normalized spacial score (nSPS) is 11.2. The fraction of sp³-hybridized carbons (Fsp3) is 0.0690. The molecule has 0 radical (unpaired) electrons. The van der Waals surface area contributed by atoms with Gasteiger partial charge in [0.1, 0.15) is 0 Å². The molecule has 0 aliphatic heterocycles. The van der Waals surface area contributed by atoms with Crippen molar-refractivity contribution in [3.05, 3.63) is 113 Å². The Hall–Kier alpha value is -5.11. The van der Waals surface area contributed by atoms with E-state index < -0.39 is 17.4 Å². The van der Waals surface area contributed by atoms with Crippen LogP contribution in [-0.2, 0) is 9.59 Å². The molecule has 5 aromatic rings. The third-order valence-electron chi connectivity index (χ3n) is 5.80. The first kappa shape index (κ1) is 23.6. The van der Waals surface area contributed by atoms with Crippen LogP contribution in [0.1, 0.15) is 25.2 Å². The fourth-order valence-corrected chi connectivity index (χ4v) is 4.15. The van der Waals surface area contributed by atoms with Crippen LogP contribution in [0, 0.1) is 0 Å². The summed E-state index contributed by atoms with van der Waals surface area (Å²) in [5, 5.41) is 5.90. The molecule has 2 aromatic heterocycles. The van der Waals surface area contributed by atoms with E-state index in [9.17, 15) is 14.4 Å². The quantitative estimate of drug-likeness (QED) is 0.364. The van der Waals surface area contributed by atoms with Gasteiger partial charge in [0, 0.05) is 31.2 Å². The Morgan fingerprint density at radius 1 is 0.811 bits per heavy atom. The summed E-state index contributed by atoms with van der Waals surface area (Å²) in [6.07, 6.45) is 5.27. The van der Waals surface area contributed by atoms with Crippen molar-refractivity contribution >= 4 is 34.9 Å². The van der Waals surface area contributed by atoms with E-state index in [0.29, 0.717) is 10.9 Å². The molecule has 182 valence electrons. The molecule has 0 unspecified atom stereocenters. The smallest absolute Gasteiger partial charge is 0.273 e. The molecular weight excluding hydrogens is 466 g/mol. The Kier molecular flexibility index (Phi) is 6.30. The minimum atomic E-state index is -0.594. The van der Waals surface area contributed by atoms with Gasteiger partial charge in [-0.25, -0.2) is 9.67 Å². The second-order valence-corrected chi connectivity index (χ2v) is 8.37. The molecule has 0 saturated heterocycles. The number of rotatable bonds is 5. The number of carbonyl (C=O) groups excluding carboxylic acids is 2. The molecule has 3 aromatic carbocycles. The van der Waals surface area contributed by atoms with E-state index in [-0.39, 0.29) is 5.82 Å². The maximum atomic E-state index is 13.4. The van der Waals surface area contributed by atoms with Crippen molar-refractivity contribution in [1.29, 1.82) is 0 Å². The van der Waals surface area contributed by atoms with E-state index in [1.807, 2.05) is 66.9 Å². The number of nitrogens with zero attached hydrogens (tertiary/aromatic N) is 5. The number of amides is 2. The highest BCUT2D eigenvalue weighted by atomic mass is 16.2. The lowest BCUT2D eigenvalue weighted by Crippen LogP contribution is -2.49. The van der Waals surface area contributed by atoms with Crippen molar-refractivity contribution in [2.75, 3.05) is 5.01 Å². The van der Waals surface area contributed by atoms with Gasteiger partial charge in [-0.3, -0.25) is 14.4 Å². The summed E-state index contributed by atoms with van der Waals surface area (Å²) in [6, 6.07) is 26.3. The van der Waals surface area contributed by atoms with Crippen LogP contribution in [0.3, 0.4) is 0 Å². The maximum Gasteiger partial charge on any atom is 0.281 e. The van der Waals surface area contributed by atoms with Gasteiger partial charge in [0.2, 0.25) is 11.8 Å². The Morgan fingerprint density at radius 2 is 1.43 bits per heavy atom. The average Bonchev–Trinajstić information content (AvgIpc) is 3.34. The third kappa shape index (κ3) is 4.60. The number of fused-ring (bicyclic) bond motifs is 1. The molecule has 0 atom stereocenters. The highest BCUT2D eigenvalue weighted by molar-refractivity contribution is 6.06. The average molecular weight is 490 g/mol. The summed E-state index contributed by atoms with van der Waals surface area (Å²) in [5.41, 5.74) is 3.23. The zero-order valence-corrected chi connectivity index (χ0v) is 20.3. The second-order valence-electron chi connectivity index (χ2n) is 8.37. The predicted molar refractivity (Wildman–Crippen MR) is 144 cm³/mol. The second kappa shape index (κ2) is 9.87. The molecule has 0 spiro atoms. The minimum absolute atomic E-state index is 0.139. The Bertz CT molecular complexity index is 1690. The van der Waals surface area contributed by atoms with Crippen molar-refractivity contribution in [3.63, 3.8) is 0 Å². The zero-order valence-electron chi connectivity index (χ0n) is 20.3. The first-order chi connectivity index (χ1) is 17.9. The molecule has 0 aliphatic carbocycles. The van der Waals surface area contributed by atoms with Gasteiger partial charge < -0.3 is 0 Å². The number of carbonyl (C=O) groups is 2. The van der Waals surface area contributed by atoms with Crippen LogP contribution in [0.15, 0.2) is 95.9 Å². The molecule has 0 aliphatic rings. The zero-order chi connectivity index (χ0) is 25.9. The minimum Gasteiger partial charge on any atom is -0.273 e. The van der Waals surface area contributed by atoms with Crippen LogP contribution >= 0.6 is 0 Å². The largest absolute Gasteiger partial charge is 0.281 e. The summed E-state index contributed by atoms with van der Waals surface area (Å²) in [4.78, 5) is 42.8. The molecule has 0 saturated carbocycles. The number of imide groups is 1. The van der Waals surface area contributed by atoms with Crippen molar-refractivity contribution in [3.8, 4) is 16.9 Å². The van der Waals surface area contributed by atoms with Gasteiger partial charge >= 0.3 is 0 Å². The summed E-state index contributed by atoms with van der Waals surface area (Å²) in [5.74, 6) is -1.05. The van der Waals surface area contributed by atoms with Gasteiger partial charge in [-0.2, -0.15) is 14.8 Å². The van der Waals surface area contributed by atoms with Crippen LogP contribution in [0.5, 0.6) is 0 Å². The summed E-state index contributed by atoms with van der Waals surface area (Å²) in [6.45, 7) is 2.46. The SMILES string of the molecule is CC(=O)N(C(C)=O)n1c(/C=C/c2cn(-c3ccccc3)nc2-c2ccccc2)nc2ccccc2c1=O. The van der Waals surface area contributed by atoms with Crippen LogP contribution in [-0.4, -0.2) is 31.3 Å². The molecule has 37 heavy (non-hydrogen) atoms. The topological polar surface area (TPSA) is 90.1 Å². The first-order valence-corrected chi connectivity index (χ1v) is 11.7. The number of hydrogen-bond donors (Lipinski definition) is 0. The van der Waals surface area contributed by atoms with Gasteiger partial charge in [0.05, 0.1) is 22.3 Å². The number of hydrogen-bond acceptors (Lipinski definition) is 5. The summed E-state index contributed by atoms with van der Waals surface area (Å²) >= 11 is 0. The van der Waals surface area contributed by atoms with Crippen LogP contribution < -0.4 is 10.6 Å². The molecule has 0 N–H and O–H groups in total. The van der Waals surface area contributed by atoms with Gasteiger partial charge in [-0.05, 0) is 36.4 Å². The summed E-state index contributed by atoms with van der Waals surface area (Å²) < 4.78 is 2.80. The monoisotopic (exact) mass is 489 g/mol. The lowest BCUT2D eigenvalue weighted by atomic mass is 10.1. The standard InChI is InChI=1S/C29H23N5O3/c1-20(35)33(21(2)36)34-27(30-26-16-10-9-15-25(26)29(34)37)18-17-23-19-32(24-13-7-4-8-14-24)31-28(23)22-11-5-3-6-12-22/h3-19H,1-2H3/b18-17+. The van der Waals surface area contributed by atoms with Gasteiger partial charge in [-0.1, -0.05) is 60.7 Å². The first-order valence-electron chi connectivity index (χ1n) is 11.7. The number of para-hydroxylation sites is 2. The van der Waals surface area contributed by atoms with Crippen molar-refractivity contribution < 1.29 is 9.59 Å². The van der Waals surface area contributed by atoms with Crippen LogP contribution in [0.4, 0.5) is 0 Å². The van der Waals surface area contributed by atoms with E-state index in [1.165, 1.54) is 13.8 Å². The van der Waals surface area contributed by atoms with Gasteiger partial charge in [0.15, 0.2) is 5.82 Å². The van der Waals surface area contributed by atoms with E-state index >= 15 is 0 Å². The summed E-state index contributed by atoms with van der Waals surface area (Å²) in [7, 11) is 0. The maximum absolute atomic E-state index is 13.4. The lowest BCUT2D eigenvalue weighted by molar-refractivity contribution is -0.126. The molecule has 5 rings (SSSR count). The van der Waals surface area contributed by atoms with E-state index in [2.05, 4.69) is 4.98 Å². The molecule has 8 nitrogen and oxygen atoms in total. The van der Waals surface area contributed by atoms with Crippen molar-refractivity contribution in [2.24, 2.45) is 0 Å². The van der Waals surface area contributed by atoms with E-state index in [1.54, 1.807) is 41.1 Å². The highest BCUT2D eigenvalue weighted by Gasteiger charge is 2.22. The molecule has 8 heteroatoms. The fourth-order valence-electron chi connectivity index (χ4n) is 4.15. The molecule has 2 heterocycles. The third-order valence-corrected chi connectivity index (χ3v) is 5.80.